The maximum Gasteiger partial charge on any atom is 0.358 e. The average Bonchev–Trinajstić information content (AvgIpc) is 2.91. The SMILES string of the molecule is COC(=O)c1cncc(NCCC2CCOC2)n1. The van der Waals surface area contributed by atoms with Gasteiger partial charge in [0.15, 0.2) is 5.69 Å². The zero-order chi connectivity index (χ0) is 12.8. The van der Waals surface area contributed by atoms with Crippen molar-refractivity contribution in [2.24, 2.45) is 5.92 Å². The molecule has 1 N–H and O–H groups in total. The zero-order valence-electron chi connectivity index (χ0n) is 10.4. The molecule has 0 bridgehead atoms. The fourth-order valence-electron chi connectivity index (χ4n) is 1.87. The van der Waals surface area contributed by atoms with E-state index in [0.29, 0.717) is 11.7 Å². The van der Waals surface area contributed by atoms with Crippen molar-refractivity contribution in [3.8, 4) is 0 Å². The van der Waals surface area contributed by atoms with Crippen molar-refractivity contribution in [1.82, 2.24) is 9.97 Å². The number of methoxy groups -OCH3 is 1. The molecule has 1 aliphatic rings. The van der Waals surface area contributed by atoms with Gasteiger partial charge in [0.05, 0.1) is 19.5 Å². The van der Waals surface area contributed by atoms with Gasteiger partial charge in [-0.15, -0.1) is 0 Å². The Morgan fingerprint density at radius 1 is 1.61 bits per heavy atom. The van der Waals surface area contributed by atoms with Gasteiger partial charge < -0.3 is 14.8 Å². The molecule has 1 aliphatic heterocycles. The molecule has 0 aromatic carbocycles. The maximum absolute atomic E-state index is 11.3. The van der Waals surface area contributed by atoms with Crippen LogP contribution in [0, 0.1) is 5.92 Å². The number of hydrogen-bond donors (Lipinski definition) is 1. The first-order chi connectivity index (χ1) is 8.79. The molecule has 1 unspecified atom stereocenters. The van der Waals surface area contributed by atoms with E-state index in [2.05, 4.69) is 20.0 Å². The van der Waals surface area contributed by atoms with Crippen molar-refractivity contribution in [1.29, 1.82) is 0 Å². The minimum absolute atomic E-state index is 0.215. The third kappa shape index (κ3) is 3.40. The molecule has 2 rings (SSSR count). The first-order valence-electron chi connectivity index (χ1n) is 6.01. The lowest BCUT2D eigenvalue weighted by atomic mass is 10.1. The van der Waals surface area contributed by atoms with Crippen LogP contribution in [0.4, 0.5) is 5.82 Å². The van der Waals surface area contributed by atoms with Gasteiger partial charge >= 0.3 is 5.97 Å². The fourth-order valence-corrected chi connectivity index (χ4v) is 1.87. The number of esters is 1. The average molecular weight is 251 g/mol. The first kappa shape index (κ1) is 12.8. The van der Waals surface area contributed by atoms with Crippen molar-refractivity contribution in [3.05, 3.63) is 18.1 Å². The number of carbonyl (C=O) groups is 1. The Morgan fingerprint density at radius 2 is 2.50 bits per heavy atom. The molecule has 0 aliphatic carbocycles. The smallest absolute Gasteiger partial charge is 0.358 e. The second-order valence-corrected chi connectivity index (χ2v) is 4.23. The van der Waals surface area contributed by atoms with E-state index >= 15 is 0 Å². The quantitative estimate of drug-likeness (QED) is 0.790. The van der Waals surface area contributed by atoms with Crippen LogP contribution in [0.25, 0.3) is 0 Å². The van der Waals surface area contributed by atoms with Gasteiger partial charge in [0.1, 0.15) is 5.82 Å². The summed E-state index contributed by atoms with van der Waals surface area (Å²) in [7, 11) is 1.32. The number of nitrogens with zero attached hydrogens (tertiary/aromatic N) is 2. The van der Waals surface area contributed by atoms with E-state index in [1.807, 2.05) is 0 Å². The highest BCUT2D eigenvalue weighted by molar-refractivity contribution is 5.87. The third-order valence-corrected chi connectivity index (χ3v) is 2.91. The minimum atomic E-state index is -0.477. The van der Waals surface area contributed by atoms with E-state index in [9.17, 15) is 4.79 Å². The third-order valence-electron chi connectivity index (χ3n) is 2.91. The number of ether oxygens (including phenoxy) is 2. The van der Waals surface area contributed by atoms with Gasteiger partial charge in [-0.3, -0.25) is 4.98 Å². The van der Waals surface area contributed by atoms with E-state index < -0.39 is 5.97 Å². The van der Waals surface area contributed by atoms with Gasteiger partial charge in [-0.2, -0.15) is 0 Å². The van der Waals surface area contributed by atoms with Crippen molar-refractivity contribution in [3.63, 3.8) is 0 Å². The number of aromatic nitrogens is 2. The lowest BCUT2D eigenvalue weighted by molar-refractivity contribution is 0.0593. The minimum Gasteiger partial charge on any atom is -0.464 e. The Hall–Kier alpha value is -1.69. The van der Waals surface area contributed by atoms with Crippen molar-refractivity contribution in [2.45, 2.75) is 12.8 Å². The molecule has 2 heterocycles. The summed E-state index contributed by atoms with van der Waals surface area (Å²) in [6.45, 7) is 2.51. The first-order valence-corrected chi connectivity index (χ1v) is 6.01. The van der Waals surface area contributed by atoms with E-state index in [1.165, 1.54) is 13.3 Å². The molecule has 1 aromatic rings. The number of nitrogens with one attached hydrogen (secondary N) is 1. The van der Waals surface area contributed by atoms with Gasteiger partial charge in [0.2, 0.25) is 0 Å². The molecule has 0 spiro atoms. The summed E-state index contributed by atoms with van der Waals surface area (Å²) >= 11 is 0. The van der Waals surface area contributed by atoms with E-state index in [-0.39, 0.29) is 5.69 Å². The molecule has 0 radical (unpaired) electrons. The summed E-state index contributed by atoms with van der Waals surface area (Å²) in [5.74, 6) is 0.737. The van der Waals surface area contributed by atoms with Gasteiger partial charge in [-0.05, 0) is 18.8 Å². The van der Waals surface area contributed by atoms with Gasteiger partial charge in [0.25, 0.3) is 0 Å². The van der Waals surface area contributed by atoms with Crippen LogP contribution in [0.3, 0.4) is 0 Å². The largest absolute Gasteiger partial charge is 0.464 e. The number of anilines is 1. The Kier molecular flexibility index (Phi) is 4.46. The summed E-state index contributed by atoms with van der Waals surface area (Å²) in [5, 5.41) is 3.15. The number of carbonyl (C=O) groups excluding carboxylic acids is 1. The summed E-state index contributed by atoms with van der Waals surface area (Å²) < 4.78 is 9.90. The molecule has 1 saturated heterocycles. The Balaban J connectivity index is 1.83. The highest BCUT2D eigenvalue weighted by Gasteiger charge is 2.15. The van der Waals surface area contributed by atoms with Crippen molar-refractivity contribution >= 4 is 11.8 Å². The summed E-state index contributed by atoms with van der Waals surface area (Å²) in [6, 6.07) is 0. The van der Waals surface area contributed by atoms with Crippen LogP contribution < -0.4 is 5.32 Å². The maximum atomic E-state index is 11.3. The van der Waals surface area contributed by atoms with Crippen molar-refractivity contribution in [2.75, 3.05) is 32.2 Å². The predicted octanol–water partition coefficient (Wildman–Crippen LogP) is 1.10. The van der Waals surface area contributed by atoms with Crippen LogP contribution in [0.2, 0.25) is 0 Å². The fraction of sp³-hybridized carbons (Fsp3) is 0.583. The van der Waals surface area contributed by atoms with E-state index in [4.69, 9.17) is 4.74 Å². The van der Waals surface area contributed by atoms with Gasteiger partial charge in [0, 0.05) is 19.8 Å². The molecular formula is C12H17N3O3. The topological polar surface area (TPSA) is 73.3 Å². The molecule has 6 heteroatoms. The number of rotatable bonds is 5. The molecule has 1 fully saturated rings. The summed E-state index contributed by atoms with van der Waals surface area (Å²) in [5.41, 5.74) is 0.215. The molecule has 0 saturated carbocycles. The Labute approximate surface area is 106 Å². The van der Waals surface area contributed by atoms with Crippen LogP contribution in [0.1, 0.15) is 23.3 Å². The molecule has 98 valence electrons. The van der Waals surface area contributed by atoms with Crippen LogP contribution in [-0.4, -0.2) is 42.8 Å². The van der Waals surface area contributed by atoms with Crippen LogP contribution in [0.15, 0.2) is 12.4 Å². The Morgan fingerprint density at radius 3 is 3.22 bits per heavy atom. The lowest BCUT2D eigenvalue weighted by Crippen LogP contribution is -2.12. The number of hydrogen-bond acceptors (Lipinski definition) is 6. The molecule has 1 atom stereocenters. The lowest BCUT2D eigenvalue weighted by Gasteiger charge is -2.09. The monoisotopic (exact) mass is 251 g/mol. The predicted molar refractivity (Wildman–Crippen MR) is 65.4 cm³/mol. The normalized spacial score (nSPS) is 18.6. The Bertz CT molecular complexity index is 405. The van der Waals surface area contributed by atoms with Gasteiger partial charge in [-0.1, -0.05) is 0 Å². The summed E-state index contributed by atoms with van der Waals surface area (Å²) in [6.07, 6.45) is 5.14. The van der Waals surface area contributed by atoms with E-state index in [0.717, 1.165) is 32.6 Å². The van der Waals surface area contributed by atoms with Crippen LogP contribution >= 0.6 is 0 Å². The standard InChI is InChI=1S/C12H17N3O3/c1-17-12(16)10-6-13-7-11(15-10)14-4-2-9-3-5-18-8-9/h6-7,9H,2-5,8H2,1H3,(H,14,15). The highest BCUT2D eigenvalue weighted by Crippen LogP contribution is 2.16. The molecule has 1 aromatic heterocycles. The highest BCUT2D eigenvalue weighted by atomic mass is 16.5. The van der Waals surface area contributed by atoms with Crippen LogP contribution in [0.5, 0.6) is 0 Å². The second-order valence-electron chi connectivity index (χ2n) is 4.23. The molecular weight excluding hydrogens is 234 g/mol. The van der Waals surface area contributed by atoms with Crippen LogP contribution in [-0.2, 0) is 9.47 Å². The van der Waals surface area contributed by atoms with Gasteiger partial charge in [-0.25, -0.2) is 9.78 Å². The zero-order valence-corrected chi connectivity index (χ0v) is 10.4. The van der Waals surface area contributed by atoms with Crippen molar-refractivity contribution < 1.29 is 14.3 Å². The second kappa shape index (κ2) is 6.30. The molecule has 18 heavy (non-hydrogen) atoms. The summed E-state index contributed by atoms with van der Waals surface area (Å²) in [4.78, 5) is 19.4. The molecule has 6 nitrogen and oxygen atoms in total. The molecule has 0 amide bonds. The van der Waals surface area contributed by atoms with E-state index in [1.54, 1.807) is 6.20 Å².